The summed E-state index contributed by atoms with van der Waals surface area (Å²) in [4.78, 5) is 10.8. The fourth-order valence-corrected chi connectivity index (χ4v) is 1.38. The molecule has 0 radical (unpaired) electrons. The highest BCUT2D eigenvalue weighted by molar-refractivity contribution is 14.1. The van der Waals surface area contributed by atoms with E-state index in [1.807, 2.05) is 44.2 Å². The highest BCUT2D eigenvalue weighted by Crippen LogP contribution is 2.12. The van der Waals surface area contributed by atoms with E-state index in [0.29, 0.717) is 13.2 Å². The monoisotopic (exact) mass is 333 g/mol. The third-order valence-corrected chi connectivity index (χ3v) is 2.51. The van der Waals surface area contributed by atoms with Crippen LogP contribution in [0.4, 0.5) is 4.79 Å². The average Bonchev–Trinajstić information content (AvgIpc) is 2.26. The summed E-state index contributed by atoms with van der Waals surface area (Å²) in [5.74, 6) is 0. The van der Waals surface area contributed by atoms with E-state index in [1.165, 1.54) is 0 Å². The van der Waals surface area contributed by atoms with Crippen molar-refractivity contribution in [3.05, 3.63) is 35.9 Å². The molecule has 0 aromatic heterocycles. The number of nitrogens with one attached hydrogen (secondary N) is 1. The number of hydrogen-bond donors (Lipinski definition) is 1. The first-order chi connectivity index (χ1) is 7.49. The zero-order chi connectivity index (χ0) is 12.0. The molecule has 0 unspecified atom stereocenters. The third kappa shape index (κ3) is 5.46. The standard InChI is InChI=1S/C12H16INO2/c1-12(2,9-14-11(13)15)16-8-10-6-4-3-5-7-10/h3-7H,8-9H2,1-2H3,(H,14,15). The molecule has 1 amide bonds. The lowest BCUT2D eigenvalue weighted by molar-refractivity contribution is -0.0256. The molecule has 0 spiro atoms. The van der Waals surface area contributed by atoms with Gasteiger partial charge >= 0.3 is 0 Å². The van der Waals surface area contributed by atoms with E-state index >= 15 is 0 Å². The lowest BCUT2D eigenvalue weighted by Crippen LogP contribution is -2.38. The molecule has 16 heavy (non-hydrogen) atoms. The number of amides is 1. The largest absolute Gasteiger partial charge is 0.369 e. The predicted molar refractivity (Wildman–Crippen MR) is 72.7 cm³/mol. The van der Waals surface area contributed by atoms with E-state index in [-0.39, 0.29) is 9.51 Å². The molecule has 4 heteroatoms. The van der Waals surface area contributed by atoms with Gasteiger partial charge in [-0.3, -0.25) is 4.79 Å². The van der Waals surface area contributed by atoms with Gasteiger partial charge in [0.25, 0.3) is 3.91 Å². The second-order valence-electron chi connectivity index (χ2n) is 4.16. The molecular weight excluding hydrogens is 317 g/mol. The van der Waals surface area contributed by atoms with Crippen molar-refractivity contribution in [1.29, 1.82) is 0 Å². The molecule has 0 aliphatic rings. The van der Waals surface area contributed by atoms with E-state index < -0.39 is 0 Å². The van der Waals surface area contributed by atoms with Gasteiger partial charge in [-0.05, 0) is 19.4 Å². The van der Waals surface area contributed by atoms with Gasteiger partial charge < -0.3 is 10.1 Å². The van der Waals surface area contributed by atoms with Gasteiger partial charge in [0.2, 0.25) is 0 Å². The van der Waals surface area contributed by atoms with Crippen LogP contribution in [0.25, 0.3) is 0 Å². The summed E-state index contributed by atoms with van der Waals surface area (Å²) < 4.78 is 5.69. The van der Waals surface area contributed by atoms with Crippen LogP contribution in [-0.4, -0.2) is 16.1 Å². The smallest absolute Gasteiger partial charge is 0.280 e. The molecule has 0 saturated heterocycles. The first kappa shape index (κ1) is 13.4. The summed E-state index contributed by atoms with van der Waals surface area (Å²) in [5, 5.41) is 2.74. The minimum atomic E-state index is -0.351. The summed E-state index contributed by atoms with van der Waals surface area (Å²) in [6, 6.07) is 9.99. The number of benzene rings is 1. The van der Waals surface area contributed by atoms with E-state index in [9.17, 15) is 4.79 Å². The van der Waals surface area contributed by atoms with Crippen molar-refractivity contribution < 1.29 is 9.53 Å². The second kappa shape index (κ2) is 6.20. The number of hydrogen-bond acceptors (Lipinski definition) is 2. The van der Waals surface area contributed by atoms with Crippen LogP contribution < -0.4 is 5.32 Å². The van der Waals surface area contributed by atoms with Crippen LogP contribution in [0, 0.1) is 0 Å². The Morgan fingerprint density at radius 2 is 2.00 bits per heavy atom. The van der Waals surface area contributed by atoms with Gasteiger partial charge in [-0.25, -0.2) is 0 Å². The first-order valence-electron chi connectivity index (χ1n) is 5.11. The van der Waals surface area contributed by atoms with Crippen molar-refractivity contribution in [2.75, 3.05) is 6.54 Å². The number of rotatable bonds is 5. The van der Waals surface area contributed by atoms with Crippen LogP contribution in [0.1, 0.15) is 19.4 Å². The van der Waals surface area contributed by atoms with E-state index in [1.54, 1.807) is 22.6 Å². The van der Waals surface area contributed by atoms with Crippen molar-refractivity contribution in [3.63, 3.8) is 0 Å². The summed E-state index contributed by atoms with van der Waals surface area (Å²) in [5.41, 5.74) is 0.785. The fraction of sp³-hybridized carbons (Fsp3) is 0.417. The van der Waals surface area contributed by atoms with Gasteiger partial charge in [0.15, 0.2) is 0 Å². The molecule has 0 heterocycles. The maximum Gasteiger partial charge on any atom is 0.280 e. The number of carbonyl (C=O) groups excluding carboxylic acids is 1. The third-order valence-electron chi connectivity index (χ3n) is 2.13. The molecule has 1 rings (SSSR count). The number of ether oxygens (including phenoxy) is 1. The minimum Gasteiger partial charge on any atom is -0.369 e. The summed E-state index contributed by atoms with van der Waals surface area (Å²) in [6.07, 6.45) is 0. The zero-order valence-electron chi connectivity index (χ0n) is 9.50. The molecule has 1 aromatic rings. The topological polar surface area (TPSA) is 38.3 Å². The molecule has 1 N–H and O–H groups in total. The van der Waals surface area contributed by atoms with Crippen molar-refractivity contribution in [2.45, 2.75) is 26.1 Å². The predicted octanol–water partition coefficient (Wildman–Crippen LogP) is 3.13. The Morgan fingerprint density at radius 1 is 1.38 bits per heavy atom. The Labute approximate surface area is 110 Å². The molecule has 1 aromatic carbocycles. The van der Waals surface area contributed by atoms with Crippen molar-refractivity contribution >= 4 is 26.5 Å². The molecule has 0 saturated carbocycles. The van der Waals surface area contributed by atoms with E-state index in [2.05, 4.69) is 5.32 Å². The SMILES string of the molecule is CC(C)(CNC(=O)I)OCc1ccccc1. The lowest BCUT2D eigenvalue weighted by atomic mass is 10.1. The maximum absolute atomic E-state index is 10.8. The highest BCUT2D eigenvalue weighted by Gasteiger charge is 2.18. The molecule has 0 aliphatic heterocycles. The number of halogens is 1. The first-order valence-corrected chi connectivity index (χ1v) is 6.19. The minimum absolute atomic E-state index is 0.0611. The highest BCUT2D eigenvalue weighted by atomic mass is 127. The quantitative estimate of drug-likeness (QED) is 0.511. The molecular formula is C12H16INO2. The number of carbonyl (C=O) groups is 1. The summed E-state index contributed by atoms with van der Waals surface area (Å²) >= 11 is 1.72. The normalized spacial score (nSPS) is 11.2. The van der Waals surface area contributed by atoms with Gasteiger partial charge in [-0.1, -0.05) is 30.3 Å². The van der Waals surface area contributed by atoms with Crippen LogP contribution >= 0.6 is 22.6 Å². The second-order valence-corrected chi connectivity index (χ2v) is 5.14. The molecule has 0 atom stereocenters. The van der Waals surface area contributed by atoms with Crippen molar-refractivity contribution in [1.82, 2.24) is 5.32 Å². The van der Waals surface area contributed by atoms with Gasteiger partial charge in [0.1, 0.15) is 0 Å². The molecule has 3 nitrogen and oxygen atoms in total. The lowest BCUT2D eigenvalue weighted by Gasteiger charge is -2.25. The van der Waals surface area contributed by atoms with Crippen LogP contribution in [0.15, 0.2) is 30.3 Å². The Bertz CT molecular complexity index is 338. The van der Waals surface area contributed by atoms with E-state index in [0.717, 1.165) is 5.56 Å². The van der Waals surface area contributed by atoms with Crippen LogP contribution in [0.3, 0.4) is 0 Å². The van der Waals surface area contributed by atoms with Crippen LogP contribution in [0.2, 0.25) is 0 Å². The van der Waals surface area contributed by atoms with Gasteiger partial charge in [-0.15, -0.1) is 0 Å². The summed E-state index contributed by atoms with van der Waals surface area (Å²) in [7, 11) is 0. The van der Waals surface area contributed by atoms with Crippen molar-refractivity contribution in [2.24, 2.45) is 0 Å². The zero-order valence-corrected chi connectivity index (χ0v) is 11.7. The van der Waals surface area contributed by atoms with Gasteiger partial charge in [0, 0.05) is 29.1 Å². The average molecular weight is 333 g/mol. The van der Waals surface area contributed by atoms with Gasteiger partial charge in [0.05, 0.1) is 12.2 Å². The molecule has 88 valence electrons. The fourth-order valence-electron chi connectivity index (χ4n) is 1.19. The molecule has 0 aliphatic carbocycles. The van der Waals surface area contributed by atoms with Crippen LogP contribution in [0.5, 0.6) is 0 Å². The van der Waals surface area contributed by atoms with Crippen LogP contribution in [-0.2, 0) is 11.3 Å². The van der Waals surface area contributed by atoms with Crippen molar-refractivity contribution in [3.8, 4) is 0 Å². The van der Waals surface area contributed by atoms with Gasteiger partial charge in [-0.2, -0.15) is 0 Å². The maximum atomic E-state index is 10.8. The summed E-state index contributed by atoms with van der Waals surface area (Å²) in [6.45, 7) is 5.00. The molecule has 0 fully saturated rings. The van der Waals surface area contributed by atoms with E-state index in [4.69, 9.17) is 4.74 Å². The Balaban J connectivity index is 2.38. The Hall–Kier alpha value is -0.620. The molecule has 0 bridgehead atoms. The Morgan fingerprint density at radius 3 is 2.56 bits per heavy atom. The Kier molecular flexibility index (Phi) is 5.21.